The Balaban J connectivity index is 0.00000312. The third-order valence-electron chi connectivity index (χ3n) is 3.97. The van der Waals surface area contributed by atoms with Gasteiger partial charge in [0.15, 0.2) is 0 Å². The average molecular weight is 448 g/mol. The predicted octanol–water partition coefficient (Wildman–Crippen LogP) is 5.49. The minimum atomic E-state index is -4.65. The fourth-order valence-corrected chi connectivity index (χ4v) is 3.05. The first-order valence-electron chi connectivity index (χ1n) is 7.46. The van der Waals surface area contributed by atoms with Crippen LogP contribution < -0.4 is 5.32 Å². The number of nitrogens with one attached hydrogen (secondary N) is 1. The lowest BCUT2D eigenvalue weighted by molar-refractivity contribution is -0.140. The maximum Gasteiger partial charge on any atom is 0.417 e. The number of piperazine rings is 1. The zero-order valence-electron chi connectivity index (χ0n) is 13.5. The second kappa shape index (κ2) is 10.2. The van der Waals surface area contributed by atoms with Crippen LogP contribution in [0.4, 0.5) is 26.3 Å². The van der Waals surface area contributed by atoms with E-state index >= 15 is 0 Å². The predicted molar refractivity (Wildman–Crippen MR) is 93.4 cm³/mol. The van der Waals surface area contributed by atoms with Crippen LogP contribution in [0.5, 0.6) is 0 Å². The second-order valence-corrected chi connectivity index (χ2v) is 6.10. The van der Waals surface area contributed by atoms with Crippen molar-refractivity contribution in [1.82, 2.24) is 10.2 Å². The summed E-state index contributed by atoms with van der Waals surface area (Å²) in [6.45, 7) is 2.13. The van der Waals surface area contributed by atoms with Crippen LogP contribution >= 0.6 is 36.4 Å². The van der Waals surface area contributed by atoms with Crippen molar-refractivity contribution in [2.45, 2.75) is 31.2 Å². The largest absolute Gasteiger partial charge is 0.417 e. The van der Waals surface area contributed by atoms with Gasteiger partial charge in [0, 0.05) is 38.6 Å². The molecule has 1 aromatic rings. The highest BCUT2D eigenvalue weighted by molar-refractivity contribution is 6.31. The van der Waals surface area contributed by atoms with Crippen LogP contribution in [0.2, 0.25) is 5.02 Å². The molecule has 1 aromatic carbocycles. The lowest BCUT2D eigenvalue weighted by Crippen LogP contribution is -2.45. The van der Waals surface area contributed by atoms with Crippen LogP contribution in [-0.4, -0.2) is 37.3 Å². The van der Waals surface area contributed by atoms with Gasteiger partial charge in [-0.15, -0.1) is 24.8 Å². The van der Waals surface area contributed by atoms with Gasteiger partial charge < -0.3 is 5.32 Å². The van der Waals surface area contributed by atoms with Gasteiger partial charge in [-0.05, 0) is 24.1 Å². The van der Waals surface area contributed by atoms with Gasteiger partial charge in [-0.1, -0.05) is 17.7 Å². The fourth-order valence-electron chi connectivity index (χ4n) is 2.82. The van der Waals surface area contributed by atoms with E-state index in [1.165, 1.54) is 6.07 Å². The van der Waals surface area contributed by atoms with E-state index in [0.29, 0.717) is 26.2 Å². The van der Waals surface area contributed by atoms with Crippen molar-refractivity contribution in [3.8, 4) is 0 Å². The monoisotopic (exact) mass is 446 g/mol. The molecule has 1 saturated heterocycles. The van der Waals surface area contributed by atoms with E-state index in [1.54, 1.807) is 4.90 Å². The number of benzene rings is 1. The molecule has 2 nitrogen and oxygen atoms in total. The SMILES string of the molecule is Cl.Cl.FC(F)(F)CC[C@@H](c1ccc(Cl)c(C(F)(F)F)c1)N1CCNCC1. The van der Waals surface area contributed by atoms with Crippen molar-refractivity contribution in [1.29, 1.82) is 0 Å². The zero-order valence-corrected chi connectivity index (χ0v) is 15.9. The van der Waals surface area contributed by atoms with Gasteiger partial charge in [0.1, 0.15) is 0 Å². The van der Waals surface area contributed by atoms with Gasteiger partial charge in [0.25, 0.3) is 0 Å². The highest BCUT2D eigenvalue weighted by atomic mass is 35.5. The van der Waals surface area contributed by atoms with Crippen LogP contribution in [0.25, 0.3) is 0 Å². The summed E-state index contributed by atoms with van der Waals surface area (Å²) >= 11 is 5.60. The Bertz CT molecular complexity index is 559. The molecule has 11 heteroatoms. The summed E-state index contributed by atoms with van der Waals surface area (Å²) in [5.41, 5.74) is -0.813. The minimum Gasteiger partial charge on any atom is -0.314 e. The number of hydrogen-bond acceptors (Lipinski definition) is 2. The normalized spacial score (nSPS) is 17.2. The number of hydrogen-bond donors (Lipinski definition) is 1. The van der Waals surface area contributed by atoms with E-state index in [1.807, 2.05) is 0 Å². The maximum absolute atomic E-state index is 13.0. The van der Waals surface area contributed by atoms with Gasteiger partial charge in [0.05, 0.1) is 10.6 Å². The van der Waals surface area contributed by atoms with Gasteiger partial charge in [-0.3, -0.25) is 4.90 Å². The van der Waals surface area contributed by atoms with E-state index in [4.69, 9.17) is 11.6 Å². The van der Waals surface area contributed by atoms with Gasteiger partial charge >= 0.3 is 12.4 Å². The topological polar surface area (TPSA) is 15.3 Å². The van der Waals surface area contributed by atoms with Gasteiger partial charge in [-0.25, -0.2) is 0 Å². The van der Waals surface area contributed by atoms with E-state index < -0.39 is 35.4 Å². The molecule has 0 aromatic heterocycles. The summed E-state index contributed by atoms with van der Waals surface area (Å²) in [7, 11) is 0. The van der Waals surface area contributed by atoms with Crippen LogP contribution in [-0.2, 0) is 6.18 Å². The molecule has 152 valence electrons. The van der Waals surface area contributed by atoms with Crippen molar-refractivity contribution in [2.75, 3.05) is 26.2 Å². The summed E-state index contributed by atoms with van der Waals surface area (Å²) in [4.78, 5) is 1.78. The molecule has 1 atom stereocenters. The van der Waals surface area contributed by atoms with Crippen molar-refractivity contribution in [2.24, 2.45) is 0 Å². The van der Waals surface area contributed by atoms with Crippen LogP contribution in [0.15, 0.2) is 18.2 Å². The molecule has 0 bridgehead atoms. The summed E-state index contributed by atoms with van der Waals surface area (Å²) in [6, 6.07) is 2.61. The number of rotatable bonds is 4. The molecular weight excluding hydrogens is 429 g/mol. The molecule has 0 spiro atoms. The van der Waals surface area contributed by atoms with E-state index in [-0.39, 0.29) is 36.8 Å². The molecule has 26 heavy (non-hydrogen) atoms. The van der Waals surface area contributed by atoms with Crippen molar-refractivity contribution >= 4 is 36.4 Å². The first-order chi connectivity index (χ1) is 11.1. The minimum absolute atomic E-state index is 0. The Morgan fingerprint density at radius 2 is 1.62 bits per heavy atom. The molecular formula is C15H19Cl3F6N2. The zero-order chi connectivity index (χ0) is 18.0. The smallest absolute Gasteiger partial charge is 0.314 e. The molecule has 0 unspecified atom stereocenters. The second-order valence-electron chi connectivity index (χ2n) is 5.69. The molecule has 0 radical (unpaired) electrons. The average Bonchev–Trinajstić information content (AvgIpc) is 2.47. The Hall–Kier alpha value is -0.410. The maximum atomic E-state index is 13.0. The number of halogens is 9. The Labute approximate surface area is 165 Å². The molecule has 0 amide bonds. The number of nitrogens with zero attached hydrogens (tertiary/aromatic N) is 1. The Kier molecular flexibility index (Phi) is 10.1. The Morgan fingerprint density at radius 1 is 1.04 bits per heavy atom. The van der Waals surface area contributed by atoms with Gasteiger partial charge in [-0.2, -0.15) is 26.3 Å². The lowest BCUT2D eigenvalue weighted by Gasteiger charge is -2.35. The van der Waals surface area contributed by atoms with Crippen LogP contribution in [0.1, 0.15) is 30.0 Å². The van der Waals surface area contributed by atoms with Crippen molar-refractivity contribution in [3.63, 3.8) is 0 Å². The van der Waals surface area contributed by atoms with Crippen molar-refractivity contribution < 1.29 is 26.3 Å². The summed E-state index contributed by atoms with van der Waals surface area (Å²) in [5, 5.41) is 2.62. The highest BCUT2D eigenvalue weighted by Gasteiger charge is 2.36. The van der Waals surface area contributed by atoms with Crippen molar-refractivity contribution in [3.05, 3.63) is 34.3 Å². The first kappa shape index (κ1) is 25.6. The molecule has 2 rings (SSSR count). The molecule has 1 heterocycles. The standard InChI is InChI=1S/C15H17ClF6N2.2ClH/c16-12-2-1-10(9-11(12)15(20,21)22)13(3-4-14(17,18)19)24-7-5-23-6-8-24;;/h1-2,9,13,23H,3-8H2;2*1H/t13-;;/m0../s1. The lowest BCUT2D eigenvalue weighted by atomic mass is 9.97. The molecule has 0 saturated carbocycles. The van der Waals surface area contributed by atoms with Gasteiger partial charge in [0.2, 0.25) is 0 Å². The summed E-state index contributed by atoms with van der Waals surface area (Å²) in [6.07, 6.45) is -10.3. The molecule has 1 N–H and O–H groups in total. The van der Waals surface area contributed by atoms with Crippen LogP contribution in [0.3, 0.4) is 0 Å². The molecule has 1 aliphatic rings. The van der Waals surface area contributed by atoms with E-state index in [2.05, 4.69) is 5.32 Å². The van der Waals surface area contributed by atoms with Crippen LogP contribution in [0, 0.1) is 0 Å². The molecule has 0 aliphatic carbocycles. The third-order valence-corrected chi connectivity index (χ3v) is 4.30. The van der Waals surface area contributed by atoms with E-state index in [0.717, 1.165) is 12.1 Å². The summed E-state index contributed by atoms with van der Waals surface area (Å²) < 4.78 is 76.9. The Morgan fingerprint density at radius 3 is 2.12 bits per heavy atom. The quantitative estimate of drug-likeness (QED) is 0.614. The highest BCUT2D eigenvalue weighted by Crippen LogP contribution is 2.38. The van der Waals surface area contributed by atoms with E-state index in [9.17, 15) is 26.3 Å². The number of alkyl halides is 6. The molecule has 1 aliphatic heterocycles. The molecule has 1 fully saturated rings. The fraction of sp³-hybridized carbons (Fsp3) is 0.600. The third kappa shape index (κ3) is 7.31. The summed E-state index contributed by atoms with van der Waals surface area (Å²) in [5.74, 6) is 0. The first-order valence-corrected chi connectivity index (χ1v) is 7.84.